The van der Waals surface area contributed by atoms with E-state index in [2.05, 4.69) is 24.5 Å². The van der Waals surface area contributed by atoms with Crippen LogP contribution in [0.4, 0.5) is 4.79 Å². The van der Waals surface area contributed by atoms with Crippen molar-refractivity contribution in [3.05, 3.63) is 0 Å². The van der Waals surface area contributed by atoms with Gasteiger partial charge in [0.2, 0.25) is 11.8 Å². The molecule has 0 aromatic carbocycles. The first-order valence-electron chi connectivity index (χ1n) is 6.59. The number of carbonyl (C=O) groups is 3. The minimum atomic E-state index is -1.06. The van der Waals surface area contributed by atoms with Gasteiger partial charge in [-0.15, -0.1) is 0 Å². The summed E-state index contributed by atoms with van der Waals surface area (Å²) in [7, 11) is 0. The zero-order valence-corrected chi connectivity index (χ0v) is 11.3. The van der Waals surface area contributed by atoms with E-state index in [-0.39, 0.29) is 0 Å². The molecule has 5 heteroatoms. The number of hydrogen-bond acceptors (Lipinski definition) is 3. The van der Waals surface area contributed by atoms with E-state index in [1.807, 2.05) is 6.92 Å². The van der Waals surface area contributed by atoms with Crippen LogP contribution in [0.5, 0.6) is 0 Å². The van der Waals surface area contributed by atoms with Gasteiger partial charge in [0.15, 0.2) is 0 Å². The van der Waals surface area contributed by atoms with Crippen molar-refractivity contribution in [3.8, 4) is 0 Å². The Morgan fingerprint density at radius 3 is 2.06 bits per heavy atom. The highest BCUT2D eigenvalue weighted by molar-refractivity contribution is 6.19. The first-order chi connectivity index (χ1) is 8.42. The van der Waals surface area contributed by atoms with E-state index in [1.54, 1.807) is 0 Å². The van der Waals surface area contributed by atoms with Gasteiger partial charge in [0.05, 0.1) is 0 Å². The van der Waals surface area contributed by atoms with Crippen LogP contribution in [0.15, 0.2) is 0 Å². The smallest absolute Gasteiger partial charge is 0.277 e. The quantitative estimate of drug-likeness (QED) is 0.711. The molecule has 1 aliphatic heterocycles. The van der Waals surface area contributed by atoms with Crippen molar-refractivity contribution >= 4 is 17.8 Å². The monoisotopic (exact) mass is 254 g/mol. The molecular weight excluding hydrogens is 232 g/mol. The van der Waals surface area contributed by atoms with Crippen LogP contribution in [-0.4, -0.2) is 17.8 Å². The number of barbiturate groups is 1. The second-order valence-corrected chi connectivity index (χ2v) is 5.36. The van der Waals surface area contributed by atoms with E-state index in [1.165, 1.54) is 0 Å². The van der Waals surface area contributed by atoms with E-state index in [0.717, 1.165) is 19.3 Å². The Kier molecular flexibility index (Phi) is 4.87. The maximum Gasteiger partial charge on any atom is 0.328 e. The molecule has 0 unspecified atom stereocenters. The molecule has 0 aromatic heterocycles. The van der Waals surface area contributed by atoms with Crippen LogP contribution in [0.1, 0.15) is 52.9 Å². The van der Waals surface area contributed by atoms with Gasteiger partial charge in [-0.05, 0) is 25.2 Å². The van der Waals surface area contributed by atoms with Gasteiger partial charge in [0, 0.05) is 0 Å². The molecule has 0 aromatic rings. The lowest BCUT2D eigenvalue weighted by Crippen LogP contribution is -2.62. The normalized spacial score (nSPS) is 18.8. The fourth-order valence-corrected chi connectivity index (χ4v) is 2.17. The molecule has 1 fully saturated rings. The van der Waals surface area contributed by atoms with Gasteiger partial charge in [-0.3, -0.25) is 20.2 Å². The van der Waals surface area contributed by atoms with Gasteiger partial charge >= 0.3 is 6.03 Å². The van der Waals surface area contributed by atoms with Crippen molar-refractivity contribution in [2.45, 2.75) is 52.9 Å². The van der Waals surface area contributed by atoms with Gasteiger partial charge in [-0.1, -0.05) is 33.6 Å². The summed E-state index contributed by atoms with van der Waals surface area (Å²) in [5.41, 5.74) is -1.06. The van der Waals surface area contributed by atoms with Gasteiger partial charge in [-0.25, -0.2) is 4.79 Å². The molecule has 0 aliphatic carbocycles. The molecule has 0 spiro atoms. The summed E-state index contributed by atoms with van der Waals surface area (Å²) in [4.78, 5) is 35.2. The number of unbranched alkanes of at least 4 members (excludes halogenated alkanes) is 1. The molecule has 5 nitrogen and oxygen atoms in total. The highest BCUT2D eigenvalue weighted by Gasteiger charge is 2.49. The summed E-state index contributed by atoms with van der Waals surface area (Å²) in [6.45, 7) is 6.12. The van der Waals surface area contributed by atoms with Crippen LogP contribution < -0.4 is 10.6 Å². The summed E-state index contributed by atoms with van der Waals surface area (Å²) < 4.78 is 0. The first-order valence-corrected chi connectivity index (χ1v) is 6.59. The van der Waals surface area contributed by atoms with E-state index < -0.39 is 23.3 Å². The average Bonchev–Trinajstić information content (AvgIpc) is 2.27. The van der Waals surface area contributed by atoms with Crippen molar-refractivity contribution in [1.82, 2.24) is 10.6 Å². The van der Waals surface area contributed by atoms with Gasteiger partial charge in [-0.2, -0.15) is 0 Å². The third kappa shape index (κ3) is 3.09. The lowest BCUT2D eigenvalue weighted by molar-refractivity contribution is -0.145. The number of nitrogens with one attached hydrogen (secondary N) is 2. The molecule has 1 rings (SSSR count). The Hall–Kier alpha value is -1.39. The Morgan fingerprint density at radius 1 is 1.06 bits per heavy atom. The molecule has 1 aliphatic rings. The third-order valence-electron chi connectivity index (χ3n) is 3.43. The van der Waals surface area contributed by atoms with E-state index in [4.69, 9.17) is 0 Å². The Morgan fingerprint density at radius 2 is 1.61 bits per heavy atom. The van der Waals surface area contributed by atoms with Crippen LogP contribution in [0.3, 0.4) is 0 Å². The Bertz CT molecular complexity index is 330. The second-order valence-electron chi connectivity index (χ2n) is 5.36. The second kappa shape index (κ2) is 5.98. The molecule has 4 amide bonds. The van der Waals surface area contributed by atoms with Crippen LogP contribution in [0.25, 0.3) is 0 Å². The van der Waals surface area contributed by atoms with Crippen molar-refractivity contribution in [1.29, 1.82) is 0 Å². The SMILES string of the molecule is CCCCC1(CCC(C)C)C(=O)NC(=O)NC1=O. The summed E-state index contributed by atoms with van der Waals surface area (Å²) in [5.74, 6) is -0.461. The third-order valence-corrected chi connectivity index (χ3v) is 3.43. The minimum Gasteiger partial charge on any atom is -0.277 e. The fourth-order valence-electron chi connectivity index (χ4n) is 2.17. The predicted molar refractivity (Wildman–Crippen MR) is 67.7 cm³/mol. The van der Waals surface area contributed by atoms with Crippen LogP contribution in [0, 0.1) is 11.3 Å². The molecule has 0 atom stereocenters. The number of carbonyl (C=O) groups excluding carboxylic acids is 3. The molecular formula is C13H22N2O3. The summed E-state index contributed by atoms with van der Waals surface area (Å²) in [5, 5.41) is 4.45. The summed E-state index contributed by atoms with van der Waals surface area (Å²) in [6, 6.07) is -0.707. The number of imide groups is 2. The largest absolute Gasteiger partial charge is 0.328 e. The van der Waals surface area contributed by atoms with Gasteiger partial charge < -0.3 is 0 Å². The van der Waals surface area contributed by atoms with E-state index in [9.17, 15) is 14.4 Å². The van der Waals surface area contributed by atoms with Crippen molar-refractivity contribution in [2.75, 3.05) is 0 Å². The standard InChI is InChI=1S/C13H22N2O3/c1-4-5-7-13(8-6-9(2)3)10(16)14-12(18)15-11(13)17/h9H,4-8H2,1-3H3,(H2,14,15,16,17,18). The molecule has 0 saturated carbocycles. The zero-order valence-electron chi connectivity index (χ0n) is 11.3. The van der Waals surface area contributed by atoms with E-state index in [0.29, 0.717) is 18.8 Å². The molecule has 2 N–H and O–H groups in total. The molecule has 0 bridgehead atoms. The number of amides is 4. The number of urea groups is 1. The van der Waals surface area contributed by atoms with Crippen LogP contribution in [0.2, 0.25) is 0 Å². The minimum absolute atomic E-state index is 0.418. The van der Waals surface area contributed by atoms with Crippen LogP contribution >= 0.6 is 0 Å². The lowest BCUT2D eigenvalue weighted by Gasteiger charge is -2.34. The van der Waals surface area contributed by atoms with E-state index >= 15 is 0 Å². The highest BCUT2D eigenvalue weighted by Crippen LogP contribution is 2.34. The van der Waals surface area contributed by atoms with Gasteiger partial charge in [0.1, 0.15) is 5.41 Å². The van der Waals surface area contributed by atoms with Crippen molar-refractivity contribution < 1.29 is 14.4 Å². The molecule has 18 heavy (non-hydrogen) atoms. The van der Waals surface area contributed by atoms with Crippen molar-refractivity contribution in [3.63, 3.8) is 0 Å². The average molecular weight is 254 g/mol. The fraction of sp³-hybridized carbons (Fsp3) is 0.769. The van der Waals surface area contributed by atoms with Crippen LogP contribution in [-0.2, 0) is 9.59 Å². The zero-order chi connectivity index (χ0) is 13.8. The predicted octanol–water partition coefficient (Wildman–Crippen LogP) is 1.97. The van der Waals surface area contributed by atoms with Gasteiger partial charge in [0.25, 0.3) is 0 Å². The van der Waals surface area contributed by atoms with Crippen molar-refractivity contribution in [2.24, 2.45) is 11.3 Å². The summed E-state index contributed by atoms with van der Waals surface area (Å²) >= 11 is 0. The highest BCUT2D eigenvalue weighted by atomic mass is 16.2. The molecule has 0 radical (unpaired) electrons. The maximum atomic E-state index is 12.1. The molecule has 1 heterocycles. The summed E-state index contributed by atoms with van der Waals surface area (Å²) in [6.07, 6.45) is 3.50. The first kappa shape index (κ1) is 14.7. The molecule has 102 valence electrons. The maximum absolute atomic E-state index is 12.1. The number of rotatable bonds is 6. The number of hydrogen-bond donors (Lipinski definition) is 2. The topological polar surface area (TPSA) is 75.3 Å². The lowest BCUT2D eigenvalue weighted by atomic mass is 9.74. The Balaban J connectivity index is 2.90. The Labute approximate surface area is 108 Å². The molecule has 1 saturated heterocycles.